The molecule has 19 nitrogen and oxygen atoms in total. The van der Waals surface area contributed by atoms with E-state index in [-0.39, 0.29) is 42.2 Å². The first kappa shape index (κ1) is 63.0. The predicted molar refractivity (Wildman–Crippen MR) is 242 cm³/mol. The van der Waals surface area contributed by atoms with Crippen LogP contribution in [0, 0.1) is 47.8 Å². The molecule has 61 heavy (non-hydrogen) atoms. The van der Waals surface area contributed by atoms with E-state index in [1.807, 2.05) is 12.1 Å². The Morgan fingerprint density at radius 3 is 1.61 bits per heavy atom. The summed E-state index contributed by atoms with van der Waals surface area (Å²) in [7, 11) is 0. The third-order valence-electron chi connectivity index (χ3n) is 6.28. The fraction of sp³-hybridized carbons (Fsp3) is 0.526. The molecule has 0 radical (unpaired) electrons. The molecule has 2 atom stereocenters. The van der Waals surface area contributed by atoms with E-state index < -0.39 is 28.0 Å². The Morgan fingerprint density at radius 2 is 1.34 bits per heavy atom. The van der Waals surface area contributed by atoms with Crippen molar-refractivity contribution in [3.05, 3.63) is 55.1 Å². The molecule has 2 saturated heterocycles. The summed E-state index contributed by atoms with van der Waals surface area (Å²) in [5, 5.41) is 48.2. The summed E-state index contributed by atoms with van der Waals surface area (Å²) < 4.78 is 14.5. The number of carboxylic acids is 2. The van der Waals surface area contributed by atoms with Gasteiger partial charge in [0, 0.05) is 38.3 Å². The molecule has 0 aromatic carbocycles. The Labute approximate surface area is 379 Å². The molecule has 340 valence electrons. The number of Topliss-reactive ketones (excluding diaryl/α,β-unsaturated/α-hetero) is 1. The molecule has 2 aromatic rings. The number of nitrogens with zero attached hydrogens (tertiary/aromatic N) is 3. The molecule has 4 heterocycles. The number of nitrogens with two attached hydrogens (primary N) is 1. The van der Waals surface area contributed by atoms with Gasteiger partial charge < -0.3 is 50.8 Å². The number of H-pyrrole nitrogens is 2. The number of nitrogens with one attached hydrogen (secondary N) is 4. The number of ether oxygens (including phenoxy) is 3. The van der Waals surface area contributed by atoms with Crippen LogP contribution in [0.5, 0.6) is 0 Å². The van der Waals surface area contributed by atoms with Gasteiger partial charge >= 0.3 is 17.9 Å². The van der Waals surface area contributed by atoms with Gasteiger partial charge in [0.05, 0.1) is 71.7 Å². The van der Waals surface area contributed by atoms with Gasteiger partial charge in [0.15, 0.2) is 0 Å². The number of morpholine rings is 2. The van der Waals surface area contributed by atoms with Crippen molar-refractivity contribution in [3.63, 3.8) is 0 Å². The van der Waals surface area contributed by atoms with Crippen molar-refractivity contribution in [1.82, 2.24) is 20.6 Å². The SMILES string of the molecule is C.C1COCCN1.C1COCCN1.CC(Br)C(=O)O.CCOC(=O)CC(C)=O.Cc1cc(=O)[nH]c(S)c1C#N.Cc1cc(=O)[nH]c(SC(C)C(=O)O)c1C#N.N#CCC(N)=S. The van der Waals surface area contributed by atoms with Crippen LogP contribution in [0.15, 0.2) is 31.8 Å². The maximum absolute atomic E-state index is 11.2. The van der Waals surface area contributed by atoms with Crippen LogP contribution < -0.4 is 27.5 Å². The number of alkyl halides is 1. The van der Waals surface area contributed by atoms with Gasteiger partial charge in [-0.2, -0.15) is 15.8 Å². The number of thioether (sulfide) groups is 1. The molecule has 2 aliphatic rings. The van der Waals surface area contributed by atoms with E-state index in [0.29, 0.717) is 38.9 Å². The molecular weight excluding hydrogens is 921 g/mol. The van der Waals surface area contributed by atoms with Gasteiger partial charge in [0.1, 0.15) is 34.4 Å². The van der Waals surface area contributed by atoms with E-state index in [4.69, 9.17) is 41.2 Å². The quantitative estimate of drug-likeness (QED) is 0.0469. The molecule has 0 bridgehead atoms. The van der Waals surface area contributed by atoms with Crippen molar-refractivity contribution in [1.29, 1.82) is 15.8 Å². The summed E-state index contributed by atoms with van der Waals surface area (Å²) in [6.07, 6.45) is 0.0865. The third-order valence-corrected chi connectivity index (χ3v) is 8.25. The van der Waals surface area contributed by atoms with E-state index in [1.165, 1.54) is 26.0 Å². The van der Waals surface area contributed by atoms with Crippen molar-refractivity contribution < 1.29 is 43.6 Å². The zero-order chi connectivity index (χ0) is 46.6. The van der Waals surface area contributed by atoms with Crippen molar-refractivity contribution >= 4 is 81.2 Å². The molecule has 23 heteroatoms. The molecule has 0 saturated carbocycles. The number of carboxylic acid groups (broad SMARTS) is 2. The Balaban J connectivity index is -0.000000322. The average Bonchev–Trinajstić information content (AvgIpc) is 3.17. The van der Waals surface area contributed by atoms with Crippen molar-refractivity contribution in [3.8, 4) is 18.2 Å². The van der Waals surface area contributed by atoms with Crippen molar-refractivity contribution in [2.24, 2.45) is 5.73 Å². The number of esters is 1. The maximum Gasteiger partial charge on any atom is 0.316 e. The van der Waals surface area contributed by atoms with Crippen molar-refractivity contribution in [2.45, 2.75) is 81.9 Å². The number of hydrogen-bond acceptors (Lipinski definition) is 17. The van der Waals surface area contributed by atoms with Gasteiger partial charge in [-0.1, -0.05) is 47.3 Å². The maximum atomic E-state index is 11.2. The Hall–Kier alpha value is -4.64. The number of carbonyl (C=O) groups excluding carboxylic acids is 2. The van der Waals surface area contributed by atoms with Gasteiger partial charge in [0.2, 0.25) is 11.1 Å². The highest BCUT2D eigenvalue weighted by molar-refractivity contribution is 9.10. The molecule has 4 rings (SSSR count). The molecule has 2 unspecified atom stereocenters. The Kier molecular flexibility index (Phi) is 40.8. The van der Waals surface area contributed by atoms with Gasteiger partial charge in [0.25, 0.3) is 0 Å². The molecule has 8 N–H and O–H groups in total. The Bertz CT molecular complexity index is 1820. The highest BCUT2D eigenvalue weighted by Gasteiger charge is 2.17. The lowest BCUT2D eigenvalue weighted by Gasteiger charge is -2.10. The number of aryl methyl sites for hydroxylation is 2. The van der Waals surface area contributed by atoms with Crippen LogP contribution in [0.4, 0.5) is 0 Å². The number of aliphatic carboxylic acids is 2. The topological polar surface area (TPSA) is 324 Å². The van der Waals surface area contributed by atoms with Crippen LogP contribution in [0.1, 0.15) is 70.2 Å². The Morgan fingerprint density at radius 1 is 0.918 bits per heavy atom. The number of pyridine rings is 2. The third kappa shape index (κ3) is 36.9. The summed E-state index contributed by atoms with van der Waals surface area (Å²) in [4.78, 5) is 67.7. The minimum atomic E-state index is -0.990. The molecule has 2 fully saturated rings. The molecule has 2 aliphatic heterocycles. The van der Waals surface area contributed by atoms with Crippen LogP contribution in [-0.2, 0) is 33.4 Å². The number of carbonyl (C=O) groups is 4. The normalized spacial score (nSPS) is 12.7. The van der Waals surface area contributed by atoms with Crippen LogP contribution in [0.25, 0.3) is 0 Å². The second-order valence-corrected chi connectivity index (χ2v) is 15.2. The van der Waals surface area contributed by atoms with Gasteiger partial charge in [-0.25, -0.2) is 0 Å². The zero-order valence-corrected chi connectivity index (χ0v) is 38.3. The fourth-order valence-corrected chi connectivity index (χ4v) is 4.79. The van der Waals surface area contributed by atoms with E-state index in [2.05, 4.69) is 66.1 Å². The van der Waals surface area contributed by atoms with Gasteiger partial charge in [-0.05, 0) is 52.7 Å². The zero-order valence-electron chi connectivity index (χ0n) is 34.2. The second kappa shape index (κ2) is 39.5. The molecular formula is C38H57BrN8O11S3. The molecule has 0 spiro atoms. The number of thiocarbonyl (C=S) groups is 1. The van der Waals surface area contributed by atoms with Crippen LogP contribution in [-0.4, -0.2) is 118 Å². The summed E-state index contributed by atoms with van der Waals surface area (Å²) in [5.41, 5.74) is 6.29. The van der Waals surface area contributed by atoms with Crippen LogP contribution in [0.3, 0.4) is 0 Å². The average molecular weight is 978 g/mol. The lowest BCUT2D eigenvalue weighted by Crippen LogP contribution is -2.30. The van der Waals surface area contributed by atoms with E-state index in [9.17, 15) is 28.8 Å². The minimum absolute atomic E-state index is 0. The molecule has 2 aromatic heterocycles. The second-order valence-electron chi connectivity index (χ2n) is 11.5. The molecule has 0 aliphatic carbocycles. The number of aromatic nitrogens is 2. The minimum Gasteiger partial charge on any atom is -0.480 e. The predicted octanol–water partition coefficient (Wildman–Crippen LogP) is 3.38. The largest absolute Gasteiger partial charge is 0.480 e. The summed E-state index contributed by atoms with van der Waals surface area (Å²) >= 11 is 12.1. The van der Waals surface area contributed by atoms with Crippen molar-refractivity contribution in [2.75, 3.05) is 59.2 Å². The van der Waals surface area contributed by atoms with Crippen LogP contribution in [0.2, 0.25) is 0 Å². The first-order valence-electron chi connectivity index (χ1n) is 17.8. The fourth-order valence-electron chi connectivity index (χ4n) is 3.45. The number of rotatable bonds is 8. The van der Waals surface area contributed by atoms with E-state index in [1.54, 1.807) is 33.8 Å². The molecule has 0 amide bonds. The first-order chi connectivity index (χ1) is 28.2. The number of thiol groups is 1. The van der Waals surface area contributed by atoms with Crippen LogP contribution >= 0.6 is 52.5 Å². The van der Waals surface area contributed by atoms with E-state index >= 15 is 0 Å². The first-order valence-corrected chi connectivity index (χ1v) is 20.4. The number of halogens is 1. The summed E-state index contributed by atoms with van der Waals surface area (Å²) in [6.45, 7) is 17.5. The monoisotopic (exact) mass is 976 g/mol. The smallest absolute Gasteiger partial charge is 0.316 e. The van der Waals surface area contributed by atoms with E-state index in [0.717, 1.165) is 64.4 Å². The van der Waals surface area contributed by atoms with Gasteiger partial charge in [-0.3, -0.25) is 28.8 Å². The standard InChI is InChI=1S/C10H10N2O3S.C7H6N2OS.C6H10O3.2C4H9NO.C3H5BrO2.C3H4N2S.CH4/c1-5-3-8(13)12-9(7(5)4-11)16-6(2)10(14)15;1-4-2-6(10)9-7(11)5(4)3-8;1-3-9-6(8)4-5(2)7;2*1-3-6-4-2-5-1;1-2(4)3(5)6;4-2-1-3(5)6;/h3,6H,1-2H3,(H,12,13)(H,14,15);2H,1H3,(H2,9,10,11);3-4H2,1-2H3;2*5H,1-4H2;2H,1H3,(H,5,6);1H2,(H2,5,6);1H4. The summed E-state index contributed by atoms with van der Waals surface area (Å²) in [5.74, 6) is -2.41. The lowest BCUT2D eigenvalue weighted by atomic mass is 10.2. The lowest BCUT2D eigenvalue weighted by molar-refractivity contribution is -0.145. The highest BCUT2D eigenvalue weighted by Crippen LogP contribution is 2.25. The number of ketones is 1. The number of nitriles is 3. The highest BCUT2D eigenvalue weighted by atomic mass is 79.9. The summed E-state index contributed by atoms with van der Waals surface area (Å²) in [6, 6.07) is 8.38. The number of aromatic amines is 2. The number of hydrogen-bond donors (Lipinski definition) is 8. The van der Waals surface area contributed by atoms with Gasteiger partial charge in [-0.15, -0.1) is 12.6 Å².